The average molecular weight is 505 g/mol. The molecule has 1 aliphatic rings. The van der Waals surface area contributed by atoms with E-state index in [2.05, 4.69) is 30.4 Å². The van der Waals surface area contributed by atoms with E-state index in [0.717, 1.165) is 5.57 Å². The molecule has 0 aliphatic carbocycles. The molecule has 13 heteroatoms. The van der Waals surface area contributed by atoms with Crippen LogP contribution in [0.3, 0.4) is 0 Å². The van der Waals surface area contributed by atoms with E-state index in [-0.39, 0.29) is 41.2 Å². The van der Waals surface area contributed by atoms with E-state index in [4.69, 9.17) is 19.7 Å². The highest BCUT2D eigenvalue weighted by molar-refractivity contribution is 6.11. The molecule has 2 amide bonds. The smallest absolute Gasteiger partial charge is 0.290 e. The van der Waals surface area contributed by atoms with Gasteiger partial charge in [-0.3, -0.25) is 14.6 Å². The van der Waals surface area contributed by atoms with Crippen molar-refractivity contribution in [2.24, 2.45) is 10.7 Å². The summed E-state index contributed by atoms with van der Waals surface area (Å²) in [6.07, 6.45) is 7.63. The summed E-state index contributed by atoms with van der Waals surface area (Å²) in [5.41, 5.74) is 6.60. The van der Waals surface area contributed by atoms with Crippen molar-refractivity contribution in [2.75, 3.05) is 13.2 Å². The summed E-state index contributed by atoms with van der Waals surface area (Å²) in [4.78, 5) is 40.6. The van der Waals surface area contributed by atoms with Crippen LogP contribution in [0.1, 0.15) is 34.8 Å². The molecule has 13 nitrogen and oxygen atoms in total. The molecule has 1 atom stereocenters. The van der Waals surface area contributed by atoms with Gasteiger partial charge < -0.3 is 30.2 Å². The molecule has 0 fully saturated rings. The number of primary amides is 1. The second-order valence-electron chi connectivity index (χ2n) is 7.79. The SMILES string of the molecule is C/C=C1\C=CC(NC(=O)c2cc(Oc3cnc(-c4nc(C(N)=O)no4)cn3)cc(O[C@@H](C)CO)c2)=NC1. The van der Waals surface area contributed by atoms with Crippen molar-refractivity contribution in [3.8, 4) is 29.0 Å². The van der Waals surface area contributed by atoms with Crippen LogP contribution in [0.4, 0.5) is 0 Å². The monoisotopic (exact) mass is 505 g/mol. The summed E-state index contributed by atoms with van der Waals surface area (Å²) >= 11 is 0. The van der Waals surface area contributed by atoms with E-state index in [0.29, 0.717) is 18.1 Å². The minimum Gasteiger partial charge on any atom is -0.488 e. The maximum atomic E-state index is 12.9. The number of allylic oxidation sites excluding steroid dienone is 1. The standard InChI is InChI=1S/C24H23N7O6/c1-3-14-4-5-19(27-9-14)29-23(34)15-6-16(35-13(2)12-32)8-17(7-15)36-20-11-26-18(10-28-20)24-30-22(21(25)33)31-37-24/h3-8,10-11,13,32H,9,12H2,1-2H3,(H2,25,33)(H,27,29,34)/b14-3+/t13-/m0/s1. The number of hydrogen-bond acceptors (Lipinski definition) is 11. The van der Waals surface area contributed by atoms with E-state index in [1.165, 1.54) is 24.5 Å². The first-order valence-electron chi connectivity index (χ1n) is 11.1. The zero-order valence-electron chi connectivity index (χ0n) is 19.9. The third kappa shape index (κ3) is 6.41. The number of dihydropyridines is 1. The number of ether oxygens (including phenoxy) is 2. The van der Waals surface area contributed by atoms with Crippen molar-refractivity contribution >= 4 is 17.6 Å². The molecule has 2 aromatic heterocycles. The van der Waals surface area contributed by atoms with Crippen molar-refractivity contribution in [2.45, 2.75) is 20.0 Å². The Bertz CT molecular complexity index is 1390. The second kappa shape index (κ2) is 11.2. The fourth-order valence-corrected chi connectivity index (χ4v) is 3.05. The number of amidine groups is 1. The Morgan fingerprint density at radius 3 is 2.65 bits per heavy atom. The lowest BCUT2D eigenvalue weighted by atomic mass is 10.1. The molecule has 0 radical (unpaired) electrons. The molecule has 0 saturated carbocycles. The Labute approximate surface area is 210 Å². The fourth-order valence-electron chi connectivity index (χ4n) is 3.05. The highest BCUT2D eigenvalue weighted by Crippen LogP contribution is 2.28. The van der Waals surface area contributed by atoms with Crippen LogP contribution in [0.5, 0.6) is 17.4 Å². The minimum atomic E-state index is -0.838. The molecule has 4 N–H and O–H groups in total. The molecular weight excluding hydrogens is 482 g/mol. The molecule has 0 saturated heterocycles. The van der Waals surface area contributed by atoms with Crippen LogP contribution in [-0.4, -0.2) is 62.1 Å². The van der Waals surface area contributed by atoms with Gasteiger partial charge in [-0.15, -0.1) is 0 Å². The molecule has 1 aliphatic heterocycles. The second-order valence-corrected chi connectivity index (χ2v) is 7.79. The number of nitrogens with two attached hydrogens (primary N) is 1. The maximum absolute atomic E-state index is 12.9. The summed E-state index contributed by atoms with van der Waals surface area (Å²) in [5.74, 6) is -0.533. The number of aromatic nitrogens is 4. The number of carbonyl (C=O) groups is 2. The molecule has 3 aromatic rings. The topological polar surface area (TPSA) is 188 Å². The minimum absolute atomic E-state index is 0.0404. The molecule has 0 unspecified atom stereocenters. The Kier molecular flexibility index (Phi) is 7.64. The summed E-state index contributed by atoms with van der Waals surface area (Å²) in [6, 6.07) is 4.58. The van der Waals surface area contributed by atoms with Crippen LogP contribution >= 0.6 is 0 Å². The lowest BCUT2D eigenvalue weighted by molar-refractivity contribution is 0.0971. The Morgan fingerprint density at radius 2 is 2.03 bits per heavy atom. The van der Waals surface area contributed by atoms with Crippen molar-refractivity contribution in [1.82, 2.24) is 25.4 Å². The first kappa shape index (κ1) is 25.2. The van der Waals surface area contributed by atoms with E-state index in [9.17, 15) is 14.7 Å². The maximum Gasteiger partial charge on any atom is 0.290 e. The van der Waals surface area contributed by atoms with E-state index in [1.54, 1.807) is 19.1 Å². The van der Waals surface area contributed by atoms with Gasteiger partial charge in [0.2, 0.25) is 5.88 Å². The van der Waals surface area contributed by atoms with Gasteiger partial charge in [0.1, 0.15) is 29.1 Å². The zero-order valence-corrected chi connectivity index (χ0v) is 19.9. The lowest BCUT2D eigenvalue weighted by Crippen LogP contribution is -2.30. The van der Waals surface area contributed by atoms with Gasteiger partial charge in [0, 0.05) is 11.6 Å². The van der Waals surface area contributed by atoms with Gasteiger partial charge in [0.15, 0.2) is 0 Å². The molecule has 3 heterocycles. The number of aliphatic imine (C=N–C) groups is 1. The van der Waals surface area contributed by atoms with Crippen molar-refractivity contribution in [3.63, 3.8) is 0 Å². The van der Waals surface area contributed by atoms with Crippen LogP contribution in [-0.2, 0) is 0 Å². The third-order valence-corrected chi connectivity index (χ3v) is 4.95. The molecule has 0 spiro atoms. The molecule has 4 rings (SSSR count). The Balaban J connectivity index is 1.54. The molecule has 1 aromatic carbocycles. The van der Waals surface area contributed by atoms with Crippen molar-refractivity contribution in [1.29, 1.82) is 0 Å². The summed E-state index contributed by atoms with van der Waals surface area (Å²) in [5, 5.41) is 15.6. The number of rotatable bonds is 8. The summed E-state index contributed by atoms with van der Waals surface area (Å²) < 4.78 is 16.4. The van der Waals surface area contributed by atoms with Crippen LogP contribution in [0.2, 0.25) is 0 Å². The average Bonchev–Trinajstić information content (AvgIpc) is 3.40. The van der Waals surface area contributed by atoms with E-state index >= 15 is 0 Å². The summed E-state index contributed by atoms with van der Waals surface area (Å²) in [7, 11) is 0. The van der Waals surface area contributed by atoms with Crippen LogP contribution in [0.25, 0.3) is 11.6 Å². The van der Waals surface area contributed by atoms with Crippen LogP contribution in [0.15, 0.2) is 63.9 Å². The quantitative estimate of drug-likeness (QED) is 0.407. The Morgan fingerprint density at radius 1 is 1.22 bits per heavy atom. The Hall–Kier alpha value is -4.91. The number of hydrogen-bond donors (Lipinski definition) is 3. The number of carbonyl (C=O) groups excluding carboxylic acids is 2. The number of benzene rings is 1. The summed E-state index contributed by atoms with van der Waals surface area (Å²) in [6.45, 7) is 3.85. The molecule has 190 valence electrons. The number of nitrogens with one attached hydrogen (secondary N) is 1. The number of aliphatic hydroxyl groups is 1. The van der Waals surface area contributed by atoms with Gasteiger partial charge in [0.05, 0.1) is 25.5 Å². The zero-order chi connectivity index (χ0) is 26.4. The van der Waals surface area contributed by atoms with Gasteiger partial charge in [-0.1, -0.05) is 17.3 Å². The van der Waals surface area contributed by atoms with Crippen LogP contribution in [0, 0.1) is 0 Å². The first-order chi connectivity index (χ1) is 17.8. The molecular formula is C24H23N7O6. The lowest BCUT2D eigenvalue weighted by Gasteiger charge is -2.15. The van der Waals surface area contributed by atoms with Gasteiger partial charge >= 0.3 is 0 Å². The van der Waals surface area contributed by atoms with Gasteiger partial charge in [-0.05, 0) is 37.6 Å². The normalized spacial score (nSPS) is 14.7. The highest BCUT2D eigenvalue weighted by Gasteiger charge is 2.17. The van der Waals surface area contributed by atoms with E-state index < -0.39 is 17.9 Å². The number of nitrogens with zero attached hydrogens (tertiary/aromatic N) is 5. The molecule has 37 heavy (non-hydrogen) atoms. The molecule has 0 bridgehead atoms. The van der Waals surface area contributed by atoms with Gasteiger partial charge in [-0.25, -0.2) is 9.97 Å². The van der Waals surface area contributed by atoms with Crippen LogP contribution < -0.4 is 20.5 Å². The van der Waals surface area contributed by atoms with Crippen molar-refractivity contribution in [3.05, 3.63) is 65.8 Å². The van der Waals surface area contributed by atoms with Crippen molar-refractivity contribution < 1.29 is 28.7 Å². The largest absolute Gasteiger partial charge is 0.488 e. The predicted octanol–water partition coefficient (Wildman–Crippen LogP) is 1.82. The first-order valence-corrected chi connectivity index (χ1v) is 11.1. The third-order valence-electron chi connectivity index (χ3n) is 4.95. The number of aliphatic hydroxyl groups excluding tert-OH is 1. The van der Waals surface area contributed by atoms with E-state index in [1.807, 2.05) is 19.1 Å². The predicted molar refractivity (Wildman–Crippen MR) is 130 cm³/mol. The number of amides is 2. The van der Waals surface area contributed by atoms with Gasteiger partial charge in [0.25, 0.3) is 23.5 Å². The van der Waals surface area contributed by atoms with Gasteiger partial charge in [-0.2, -0.15) is 4.98 Å². The highest BCUT2D eigenvalue weighted by atomic mass is 16.5. The fraction of sp³-hybridized carbons (Fsp3) is 0.208.